The van der Waals surface area contributed by atoms with Crippen LogP contribution in [-0.4, -0.2) is 23.5 Å². The molecule has 2 fully saturated rings. The maximum Gasteiger partial charge on any atom is 0.228 e. The summed E-state index contributed by atoms with van der Waals surface area (Å²) in [4.78, 5) is 14.7. The molecule has 19 heavy (non-hydrogen) atoms. The van der Waals surface area contributed by atoms with Crippen molar-refractivity contribution in [1.29, 1.82) is 0 Å². The number of hydrogen-bond donors (Lipinski definition) is 1. The van der Waals surface area contributed by atoms with E-state index in [4.69, 9.17) is 0 Å². The number of benzene rings is 1. The van der Waals surface area contributed by atoms with Crippen LogP contribution in [0.3, 0.4) is 0 Å². The van der Waals surface area contributed by atoms with Crippen LogP contribution in [0.4, 0.5) is 0 Å². The van der Waals surface area contributed by atoms with E-state index >= 15 is 0 Å². The zero-order valence-corrected chi connectivity index (χ0v) is 11.5. The average Bonchev–Trinajstić information content (AvgIpc) is 2.48. The Kier molecular flexibility index (Phi) is 3.56. The highest BCUT2D eigenvalue weighted by Gasteiger charge is 2.39. The van der Waals surface area contributed by atoms with Crippen molar-refractivity contribution >= 4 is 5.91 Å². The van der Waals surface area contributed by atoms with E-state index in [0.29, 0.717) is 18.6 Å². The standard InChI is InChI=1S/C16H22N2O/c1-12(13-7-3-2-4-8-13)18-11-17-15-10-6-5-9-14(15)16(18)19/h2-4,7-8,12,14-15,17H,5-6,9-11H2,1H3/t12-,14-,15+/m0/s1. The minimum absolute atomic E-state index is 0.157. The second-order valence-electron chi connectivity index (χ2n) is 5.75. The molecule has 0 aromatic heterocycles. The predicted octanol–water partition coefficient (Wildman–Crippen LogP) is 2.70. The van der Waals surface area contributed by atoms with Gasteiger partial charge in [-0.1, -0.05) is 43.2 Å². The molecule has 3 rings (SSSR count). The van der Waals surface area contributed by atoms with Gasteiger partial charge in [0.05, 0.1) is 18.6 Å². The first-order valence-electron chi connectivity index (χ1n) is 7.36. The molecule has 3 nitrogen and oxygen atoms in total. The van der Waals surface area contributed by atoms with Gasteiger partial charge in [-0.2, -0.15) is 0 Å². The number of carbonyl (C=O) groups is 1. The summed E-state index contributed by atoms with van der Waals surface area (Å²) in [6, 6.07) is 10.9. The molecule has 1 heterocycles. The first kappa shape index (κ1) is 12.7. The van der Waals surface area contributed by atoms with Crippen LogP contribution in [0.15, 0.2) is 30.3 Å². The van der Waals surface area contributed by atoms with Crippen LogP contribution in [0.5, 0.6) is 0 Å². The Morgan fingerprint density at radius 2 is 1.95 bits per heavy atom. The fourth-order valence-corrected chi connectivity index (χ4v) is 3.42. The Balaban J connectivity index is 1.76. The average molecular weight is 258 g/mol. The quantitative estimate of drug-likeness (QED) is 0.884. The predicted molar refractivity (Wildman–Crippen MR) is 75.5 cm³/mol. The van der Waals surface area contributed by atoms with E-state index in [1.54, 1.807) is 0 Å². The Bertz CT molecular complexity index is 445. The fourth-order valence-electron chi connectivity index (χ4n) is 3.42. The fraction of sp³-hybridized carbons (Fsp3) is 0.562. The first-order chi connectivity index (χ1) is 9.27. The maximum absolute atomic E-state index is 12.7. The van der Waals surface area contributed by atoms with Gasteiger partial charge in [-0.25, -0.2) is 0 Å². The van der Waals surface area contributed by atoms with E-state index in [1.165, 1.54) is 18.4 Å². The molecule has 1 saturated heterocycles. The van der Waals surface area contributed by atoms with Crippen molar-refractivity contribution < 1.29 is 4.79 Å². The van der Waals surface area contributed by atoms with Crippen LogP contribution in [0, 0.1) is 5.92 Å². The summed E-state index contributed by atoms with van der Waals surface area (Å²) in [5.74, 6) is 0.550. The maximum atomic E-state index is 12.7. The normalized spacial score (nSPS) is 28.9. The Morgan fingerprint density at radius 1 is 1.21 bits per heavy atom. The largest absolute Gasteiger partial charge is 0.323 e. The second-order valence-corrected chi connectivity index (χ2v) is 5.75. The van der Waals surface area contributed by atoms with Crippen molar-refractivity contribution in [2.75, 3.05) is 6.67 Å². The van der Waals surface area contributed by atoms with Crippen LogP contribution < -0.4 is 5.32 Å². The van der Waals surface area contributed by atoms with Crippen LogP contribution >= 0.6 is 0 Å². The van der Waals surface area contributed by atoms with Crippen molar-refractivity contribution in [2.45, 2.75) is 44.7 Å². The third kappa shape index (κ3) is 2.39. The van der Waals surface area contributed by atoms with Gasteiger partial charge in [0.2, 0.25) is 5.91 Å². The number of fused-ring (bicyclic) bond motifs is 1. The lowest BCUT2D eigenvalue weighted by Gasteiger charge is -2.43. The van der Waals surface area contributed by atoms with Crippen molar-refractivity contribution in [3.63, 3.8) is 0 Å². The monoisotopic (exact) mass is 258 g/mol. The van der Waals surface area contributed by atoms with E-state index in [2.05, 4.69) is 24.4 Å². The van der Waals surface area contributed by atoms with E-state index in [1.807, 2.05) is 23.1 Å². The molecule has 3 heteroatoms. The molecule has 1 saturated carbocycles. The highest BCUT2D eigenvalue weighted by atomic mass is 16.2. The summed E-state index contributed by atoms with van der Waals surface area (Å²) in [5.41, 5.74) is 1.21. The van der Waals surface area contributed by atoms with Gasteiger partial charge in [-0.15, -0.1) is 0 Å². The smallest absolute Gasteiger partial charge is 0.228 e. The van der Waals surface area contributed by atoms with Crippen molar-refractivity contribution in [3.8, 4) is 0 Å². The Morgan fingerprint density at radius 3 is 2.74 bits per heavy atom. The number of amides is 1. The zero-order chi connectivity index (χ0) is 13.2. The van der Waals surface area contributed by atoms with Crippen molar-refractivity contribution in [1.82, 2.24) is 10.2 Å². The zero-order valence-electron chi connectivity index (χ0n) is 11.5. The Hall–Kier alpha value is -1.35. The van der Waals surface area contributed by atoms with Crippen molar-refractivity contribution in [2.24, 2.45) is 5.92 Å². The molecule has 1 aromatic rings. The number of nitrogens with zero attached hydrogens (tertiary/aromatic N) is 1. The molecule has 1 N–H and O–H groups in total. The molecule has 0 spiro atoms. The third-order valence-electron chi connectivity index (χ3n) is 4.64. The molecule has 3 atom stereocenters. The SMILES string of the molecule is C[C@@H](c1ccccc1)N1CN[C@@H]2CCCC[C@@H]2C1=O. The molecule has 1 aromatic carbocycles. The number of nitrogens with one attached hydrogen (secondary N) is 1. The highest BCUT2D eigenvalue weighted by molar-refractivity contribution is 5.81. The van der Waals surface area contributed by atoms with Gasteiger partial charge in [0.15, 0.2) is 0 Å². The minimum Gasteiger partial charge on any atom is -0.323 e. The van der Waals surface area contributed by atoms with Gasteiger partial charge in [0.25, 0.3) is 0 Å². The van der Waals surface area contributed by atoms with Gasteiger partial charge in [-0.3, -0.25) is 10.1 Å². The Labute approximate surface area is 115 Å². The molecule has 102 valence electrons. The molecule has 1 aliphatic heterocycles. The van der Waals surface area contributed by atoms with E-state index < -0.39 is 0 Å². The number of rotatable bonds is 2. The molecule has 2 aliphatic rings. The van der Waals surface area contributed by atoms with Crippen LogP contribution in [-0.2, 0) is 4.79 Å². The molecule has 0 unspecified atom stereocenters. The van der Waals surface area contributed by atoms with Gasteiger partial charge >= 0.3 is 0 Å². The summed E-state index contributed by atoms with van der Waals surface area (Å²) in [5, 5.41) is 3.56. The van der Waals surface area contributed by atoms with E-state index in [9.17, 15) is 4.79 Å². The number of carbonyl (C=O) groups excluding carboxylic acids is 1. The van der Waals surface area contributed by atoms with Gasteiger partial charge < -0.3 is 4.90 Å². The molecule has 1 amide bonds. The summed E-state index contributed by atoms with van der Waals surface area (Å²) in [6.45, 7) is 2.81. The summed E-state index contributed by atoms with van der Waals surface area (Å²) < 4.78 is 0. The summed E-state index contributed by atoms with van der Waals surface area (Å²) in [6.07, 6.45) is 4.66. The summed E-state index contributed by atoms with van der Waals surface area (Å²) in [7, 11) is 0. The van der Waals surface area contributed by atoms with Gasteiger partial charge in [0, 0.05) is 6.04 Å². The van der Waals surface area contributed by atoms with E-state index in [-0.39, 0.29) is 12.0 Å². The third-order valence-corrected chi connectivity index (χ3v) is 4.64. The second kappa shape index (κ2) is 5.33. The lowest BCUT2D eigenvalue weighted by atomic mass is 9.82. The molecule has 0 bridgehead atoms. The van der Waals surface area contributed by atoms with Crippen LogP contribution in [0.1, 0.15) is 44.2 Å². The van der Waals surface area contributed by atoms with Gasteiger partial charge in [0.1, 0.15) is 0 Å². The van der Waals surface area contributed by atoms with E-state index in [0.717, 1.165) is 12.8 Å². The lowest BCUT2D eigenvalue weighted by Crippen LogP contribution is -2.58. The topological polar surface area (TPSA) is 32.3 Å². The lowest BCUT2D eigenvalue weighted by molar-refractivity contribution is -0.144. The number of hydrogen-bond acceptors (Lipinski definition) is 2. The highest BCUT2D eigenvalue weighted by Crippen LogP contribution is 2.32. The van der Waals surface area contributed by atoms with Crippen LogP contribution in [0.25, 0.3) is 0 Å². The van der Waals surface area contributed by atoms with Gasteiger partial charge in [-0.05, 0) is 25.3 Å². The molecule has 0 radical (unpaired) electrons. The minimum atomic E-state index is 0.157. The molecular weight excluding hydrogens is 236 g/mol. The molecule has 1 aliphatic carbocycles. The summed E-state index contributed by atoms with van der Waals surface area (Å²) >= 11 is 0. The van der Waals surface area contributed by atoms with Crippen LogP contribution in [0.2, 0.25) is 0 Å². The molecular formula is C16H22N2O. The van der Waals surface area contributed by atoms with Crippen molar-refractivity contribution in [3.05, 3.63) is 35.9 Å². The first-order valence-corrected chi connectivity index (χ1v) is 7.36.